The van der Waals surface area contributed by atoms with Crippen LogP contribution in [0.5, 0.6) is 0 Å². The fraction of sp³-hybridized carbons (Fsp3) is 0.250. The fourth-order valence-electron chi connectivity index (χ4n) is 2.81. The Balaban J connectivity index is 1.83. The highest BCUT2D eigenvalue weighted by Crippen LogP contribution is 2.35. The summed E-state index contributed by atoms with van der Waals surface area (Å²) in [5.41, 5.74) is 9.78. The van der Waals surface area contributed by atoms with Gasteiger partial charge in [0.05, 0.1) is 0 Å². The van der Waals surface area contributed by atoms with Crippen molar-refractivity contribution in [3.8, 4) is 0 Å². The van der Waals surface area contributed by atoms with E-state index in [2.05, 4.69) is 23.1 Å². The van der Waals surface area contributed by atoms with Crippen LogP contribution in [0.1, 0.15) is 22.7 Å². The Morgan fingerprint density at radius 1 is 1.05 bits per heavy atom. The fourth-order valence-corrected chi connectivity index (χ4v) is 3.12. The van der Waals surface area contributed by atoms with Gasteiger partial charge in [0, 0.05) is 35.7 Å². The van der Waals surface area contributed by atoms with Gasteiger partial charge in [0.15, 0.2) is 0 Å². The minimum atomic E-state index is 0.236. The molecule has 0 aromatic heterocycles. The maximum absolute atomic E-state index is 6.10. The van der Waals surface area contributed by atoms with E-state index in [1.807, 2.05) is 24.3 Å². The molecule has 2 N–H and O–H groups in total. The first kappa shape index (κ1) is 13.9. The molecule has 0 amide bonds. The molecule has 0 radical (unpaired) electrons. The average Bonchev–Trinajstić information content (AvgIpc) is 2.78. The molecule has 0 aliphatic carbocycles. The third kappa shape index (κ3) is 2.70. The van der Waals surface area contributed by atoms with Gasteiger partial charge in [-0.3, -0.25) is 4.90 Å². The average molecular weight is 307 g/mol. The molecule has 104 valence electrons. The summed E-state index contributed by atoms with van der Waals surface area (Å²) in [6.07, 6.45) is 0. The molecule has 0 saturated carbocycles. The van der Waals surface area contributed by atoms with Crippen molar-refractivity contribution < 1.29 is 0 Å². The summed E-state index contributed by atoms with van der Waals surface area (Å²) in [4.78, 5) is 2.38. The van der Waals surface area contributed by atoms with Crippen molar-refractivity contribution in [2.75, 3.05) is 6.54 Å². The SMILES string of the molecule is NCC1c2cc(Cl)ccc2CN1Cc1ccc(Cl)cc1. The summed E-state index contributed by atoms with van der Waals surface area (Å²) in [6, 6.07) is 14.3. The molecule has 0 saturated heterocycles. The van der Waals surface area contributed by atoms with Crippen molar-refractivity contribution in [2.24, 2.45) is 5.73 Å². The summed E-state index contributed by atoms with van der Waals surface area (Å²) >= 11 is 12.0. The zero-order valence-corrected chi connectivity index (χ0v) is 12.5. The summed E-state index contributed by atoms with van der Waals surface area (Å²) < 4.78 is 0. The van der Waals surface area contributed by atoms with Crippen LogP contribution in [0.2, 0.25) is 10.0 Å². The maximum atomic E-state index is 6.10. The van der Waals surface area contributed by atoms with E-state index in [4.69, 9.17) is 28.9 Å². The van der Waals surface area contributed by atoms with Crippen LogP contribution in [-0.4, -0.2) is 11.4 Å². The summed E-state index contributed by atoms with van der Waals surface area (Å²) in [6.45, 7) is 2.38. The van der Waals surface area contributed by atoms with Crippen LogP contribution in [0.25, 0.3) is 0 Å². The molecule has 1 unspecified atom stereocenters. The first-order valence-electron chi connectivity index (χ1n) is 6.64. The van der Waals surface area contributed by atoms with Gasteiger partial charge in [-0.1, -0.05) is 41.4 Å². The second kappa shape index (κ2) is 5.74. The third-order valence-corrected chi connectivity index (χ3v) is 4.29. The molecule has 2 aromatic rings. The summed E-state index contributed by atoms with van der Waals surface area (Å²) in [5.74, 6) is 0. The van der Waals surface area contributed by atoms with Crippen LogP contribution in [0.15, 0.2) is 42.5 Å². The van der Waals surface area contributed by atoms with E-state index in [0.717, 1.165) is 23.1 Å². The van der Waals surface area contributed by atoms with E-state index in [9.17, 15) is 0 Å². The lowest BCUT2D eigenvalue weighted by Gasteiger charge is -2.23. The van der Waals surface area contributed by atoms with E-state index < -0.39 is 0 Å². The smallest absolute Gasteiger partial charge is 0.0481 e. The normalized spacial score (nSPS) is 18.2. The topological polar surface area (TPSA) is 29.3 Å². The van der Waals surface area contributed by atoms with Crippen LogP contribution in [-0.2, 0) is 13.1 Å². The van der Waals surface area contributed by atoms with Gasteiger partial charge in [-0.05, 0) is 41.0 Å². The quantitative estimate of drug-likeness (QED) is 0.928. The van der Waals surface area contributed by atoms with Gasteiger partial charge in [0.1, 0.15) is 0 Å². The highest BCUT2D eigenvalue weighted by molar-refractivity contribution is 6.30. The first-order chi connectivity index (χ1) is 9.67. The Hall–Kier alpha value is -1.06. The highest BCUT2D eigenvalue weighted by Gasteiger charge is 2.29. The zero-order chi connectivity index (χ0) is 14.1. The molecule has 1 heterocycles. The molecular formula is C16H16Cl2N2. The molecule has 2 nitrogen and oxygen atoms in total. The number of fused-ring (bicyclic) bond motifs is 1. The molecule has 1 aliphatic heterocycles. The van der Waals surface area contributed by atoms with E-state index in [-0.39, 0.29) is 6.04 Å². The maximum Gasteiger partial charge on any atom is 0.0481 e. The number of hydrogen-bond donors (Lipinski definition) is 1. The van der Waals surface area contributed by atoms with Crippen molar-refractivity contribution in [2.45, 2.75) is 19.1 Å². The Morgan fingerprint density at radius 3 is 2.45 bits per heavy atom. The summed E-state index contributed by atoms with van der Waals surface area (Å²) in [7, 11) is 0. The lowest BCUT2D eigenvalue weighted by atomic mass is 10.1. The van der Waals surface area contributed by atoms with Crippen LogP contribution in [0.4, 0.5) is 0 Å². The lowest BCUT2D eigenvalue weighted by Crippen LogP contribution is -2.27. The van der Waals surface area contributed by atoms with Crippen molar-refractivity contribution >= 4 is 23.2 Å². The van der Waals surface area contributed by atoms with Gasteiger partial charge in [-0.15, -0.1) is 0 Å². The Labute approximate surface area is 129 Å². The molecule has 3 rings (SSSR count). The van der Waals surface area contributed by atoms with E-state index in [0.29, 0.717) is 6.54 Å². The second-order valence-corrected chi connectivity index (χ2v) is 6.00. The monoisotopic (exact) mass is 306 g/mol. The van der Waals surface area contributed by atoms with Gasteiger partial charge in [0.2, 0.25) is 0 Å². The number of halogens is 2. The Morgan fingerprint density at radius 2 is 1.75 bits per heavy atom. The Kier molecular flexibility index (Phi) is 3.99. The molecule has 0 fully saturated rings. The van der Waals surface area contributed by atoms with Crippen LogP contribution >= 0.6 is 23.2 Å². The van der Waals surface area contributed by atoms with Gasteiger partial charge < -0.3 is 5.73 Å². The second-order valence-electron chi connectivity index (χ2n) is 5.13. The number of nitrogens with zero attached hydrogens (tertiary/aromatic N) is 1. The molecule has 0 bridgehead atoms. The number of benzene rings is 2. The molecule has 20 heavy (non-hydrogen) atoms. The van der Waals surface area contributed by atoms with Crippen LogP contribution in [0, 0.1) is 0 Å². The van der Waals surface area contributed by atoms with E-state index in [1.165, 1.54) is 16.7 Å². The molecule has 4 heteroatoms. The Bertz CT molecular complexity index is 610. The minimum Gasteiger partial charge on any atom is -0.329 e. The number of hydrogen-bond acceptors (Lipinski definition) is 2. The molecular weight excluding hydrogens is 291 g/mol. The van der Waals surface area contributed by atoms with Gasteiger partial charge in [-0.25, -0.2) is 0 Å². The number of nitrogens with two attached hydrogens (primary N) is 1. The van der Waals surface area contributed by atoms with Gasteiger partial charge in [0.25, 0.3) is 0 Å². The number of rotatable bonds is 3. The predicted octanol–water partition coefficient (Wildman–Crippen LogP) is 4.01. The molecule has 2 aromatic carbocycles. The van der Waals surface area contributed by atoms with Crippen LogP contribution < -0.4 is 5.73 Å². The largest absolute Gasteiger partial charge is 0.329 e. The predicted molar refractivity (Wildman–Crippen MR) is 83.9 cm³/mol. The minimum absolute atomic E-state index is 0.236. The van der Waals surface area contributed by atoms with Crippen molar-refractivity contribution in [1.82, 2.24) is 4.90 Å². The van der Waals surface area contributed by atoms with E-state index in [1.54, 1.807) is 0 Å². The standard InChI is InChI=1S/C16H16Cl2N2/c17-13-4-1-11(2-5-13)9-20-10-12-3-6-14(18)7-15(12)16(20)8-19/h1-7,16H,8-10,19H2. The highest BCUT2D eigenvalue weighted by atomic mass is 35.5. The van der Waals surface area contributed by atoms with Gasteiger partial charge in [-0.2, -0.15) is 0 Å². The lowest BCUT2D eigenvalue weighted by molar-refractivity contribution is 0.211. The van der Waals surface area contributed by atoms with Crippen LogP contribution in [0.3, 0.4) is 0 Å². The van der Waals surface area contributed by atoms with Crippen molar-refractivity contribution in [1.29, 1.82) is 0 Å². The first-order valence-corrected chi connectivity index (χ1v) is 7.40. The third-order valence-electron chi connectivity index (χ3n) is 3.80. The van der Waals surface area contributed by atoms with Gasteiger partial charge >= 0.3 is 0 Å². The summed E-state index contributed by atoms with van der Waals surface area (Å²) in [5, 5.41) is 1.54. The van der Waals surface area contributed by atoms with Crippen molar-refractivity contribution in [3.05, 3.63) is 69.2 Å². The zero-order valence-electron chi connectivity index (χ0n) is 11.0. The van der Waals surface area contributed by atoms with Crippen molar-refractivity contribution in [3.63, 3.8) is 0 Å². The molecule has 1 atom stereocenters. The molecule has 0 spiro atoms. The molecule has 1 aliphatic rings. The van der Waals surface area contributed by atoms with E-state index >= 15 is 0 Å².